The minimum absolute atomic E-state index is 0.912. The van der Waals surface area contributed by atoms with Gasteiger partial charge in [-0.1, -0.05) is 26.2 Å². The first-order valence-corrected chi connectivity index (χ1v) is 7.85. The second-order valence-corrected chi connectivity index (χ2v) is 5.92. The van der Waals surface area contributed by atoms with E-state index in [9.17, 15) is 0 Å². The first kappa shape index (κ1) is 13.4. The summed E-state index contributed by atoms with van der Waals surface area (Å²) in [5.74, 6) is 0.972. The van der Waals surface area contributed by atoms with Crippen molar-refractivity contribution in [3.05, 3.63) is 0 Å². The normalized spacial score (nSPS) is 26.8. The molecule has 17 heavy (non-hydrogen) atoms. The van der Waals surface area contributed by atoms with E-state index in [1.807, 2.05) is 0 Å². The summed E-state index contributed by atoms with van der Waals surface area (Å²) in [6, 6.07) is 0.912. The summed E-state index contributed by atoms with van der Waals surface area (Å²) in [7, 11) is 0. The molecule has 0 amide bonds. The van der Waals surface area contributed by atoms with Crippen LogP contribution in [0.5, 0.6) is 0 Å². The average Bonchev–Trinajstić information content (AvgIpc) is 2.89. The van der Waals surface area contributed by atoms with Crippen molar-refractivity contribution in [3.8, 4) is 0 Å². The Bertz CT molecular complexity index is 193. The third-order valence-electron chi connectivity index (χ3n) is 4.72. The Labute approximate surface area is 107 Å². The van der Waals surface area contributed by atoms with Crippen LogP contribution < -0.4 is 5.32 Å². The molecule has 0 radical (unpaired) electrons. The molecule has 2 nitrogen and oxygen atoms in total. The summed E-state index contributed by atoms with van der Waals surface area (Å²) >= 11 is 0. The molecule has 1 unspecified atom stereocenters. The summed E-state index contributed by atoms with van der Waals surface area (Å²) in [4.78, 5) is 2.75. The third-order valence-corrected chi connectivity index (χ3v) is 4.72. The first-order valence-electron chi connectivity index (χ1n) is 7.85. The Morgan fingerprint density at radius 3 is 2.59 bits per heavy atom. The van der Waals surface area contributed by atoms with Crippen molar-refractivity contribution >= 4 is 0 Å². The van der Waals surface area contributed by atoms with Crippen LogP contribution in [-0.2, 0) is 0 Å². The summed E-state index contributed by atoms with van der Waals surface area (Å²) in [6.45, 7) is 7.47. The summed E-state index contributed by atoms with van der Waals surface area (Å²) in [5, 5.41) is 3.47. The van der Waals surface area contributed by atoms with Crippen LogP contribution in [0.15, 0.2) is 0 Å². The molecular formula is C15H30N2. The smallest absolute Gasteiger partial charge is 0.00951 e. The molecular weight excluding hydrogens is 208 g/mol. The fourth-order valence-electron chi connectivity index (χ4n) is 3.59. The first-order chi connectivity index (χ1) is 8.40. The Kier molecular flexibility index (Phi) is 5.79. The summed E-state index contributed by atoms with van der Waals surface area (Å²) < 4.78 is 0. The lowest BCUT2D eigenvalue weighted by Crippen LogP contribution is -2.37. The Hall–Kier alpha value is -0.0800. The van der Waals surface area contributed by atoms with Gasteiger partial charge in [0, 0.05) is 6.04 Å². The highest BCUT2D eigenvalue weighted by Crippen LogP contribution is 2.23. The topological polar surface area (TPSA) is 15.3 Å². The molecule has 1 aliphatic heterocycles. The van der Waals surface area contributed by atoms with Crippen molar-refractivity contribution < 1.29 is 0 Å². The van der Waals surface area contributed by atoms with E-state index in [0.717, 1.165) is 12.0 Å². The lowest BCUT2D eigenvalue weighted by Gasteiger charge is -2.33. The lowest BCUT2D eigenvalue weighted by molar-refractivity contribution is 0.159. The second-order valence-electron chi connectivity index (χ2n) is 5.92. The van der Waals surface area contributed by atoms with Crippen LogP contribution in [0, 0.1) is 5.92 Å². The molecule has 1 saturated heterocycles. The molecule has 1 N–H and O–H groups in total. The molecule has 2 fully saturated rings. The van der Waals surface area contributed by atoms with Crippen molar-refractivity contribution in [2.45, 2.75) is 64.3 Å². The molecule has 0 bridgehead atoms. The summed E-state index contributed by atoms with van der Waals surface area (Å²) in [5.41, 5.74) is 0. The summed E-state index contributed by atoms with van der Waals surface area (Å²) in [6.07, 6.45) is 11.6. The van der Waals surface area contributed by atoms with Gasteiger partial charge in [0.15, 0.2) is 0 Å². The van der Waals surface area contributed by atoms with E-state index in [-0.39, 0.29) is 0 Å². The van der Waals surface area contributed by atoms with E-state index in [1.165, 1.54) is 77.5 Å². The maximum absolute atomic E-state index is 3.47. The van der Waals surface area contributed by atoms with Crippen molar-refractivity contribution in [1.82, 2.24) is 10.2 Å². The van der Waals surface area contributed by atoms with Crippen LogP contribution in [0.4, 0.5) is 0 Å². The van der Waals surface area contributed by atoms with Gasteiger partial charge >= 0.3 is 0 Å². The van der Waals surface area contributed by atoms with Gasteiger partial charge in [-0.2, -0.15) is 0 Å². The molecule has 100 valence electrons. The van der Waals surface area contributed by atoms with Gasteiger partial charge in [0.1, 0.15) is 0 Å². The van der Waals surface area contributed by atoms with Gasteiger partial charge in [0.05, 0.1) is 0 Å². The van der Waals surface area contributed by atoms with Crippen LogP contribution in [0.2, 0.25) is 0 Å². The molecule has 0 aromatic carbocycles. The number of nitrogens with one attached hydrogen (secondary N) is 1. The fourth-order valence-corrected chi connectivity index (χ4v) is 3.59. The van der Waals surface area contributed by atoms with Crippen LogP contribution in [-0.4, -0.2) is 37.1 Å². The molecule has 1 saturated carbocycles. The number of rotatable bonds is 6. The van der Waals surface area contributed by atoms with Gasteiger partial charge in [-0.25, -0.2) is 0 Å². The minimum Gasteiger partial charge on any atom is -0.316 e. The van der Waals surface area contributed by atoms with Gasteiger partial charge in [0.2, 0.25) is 0 Å². The average molecular weight is 238 g/mol. The highest BCUT2D eigenvalue weighted by atomic mass is 15.1. The zero-order chi connectivity index (χ0) is 11.9. The zero-order valence-corrected chi connectivity index (χ0v) is 11.6. The Morgan fingerprint density at radius 1 is 1.12 bits per heavy atom. The molecule has 2 aliphatic rings. The number of hydrogen-bond acceptors (Lipinski definition) is 2. The van der Waals surface area contributed by atoms with Crippen LogP contribution in [0.3, 0.4) is 0 Å². The van der Waals surface area contributed by atoms with E-state index < -0.39 is 0 Å². The minimum atomic E-state index is 0.912. The highest BCUT2D eigenvalue weighted by Gasteiger charge is 2.20. The van der Waals surface area contributed by atoms with E-state index in [2.05, 4.69) is 17.1 Å². The Balaban J connectivity index is 1.63. The molecule has 0 spiro atoms. The van der Waals surface area contributed by atoms with E-state index in [1.54, 1.807) is 0 Å². The lowest BCUT2D eigenvalue weighted by atomic mass is 9.93. The predicted octanol–water partition coefficient (Wildman–Crippen LogP) is 3.03. The van der Waals surface area contributed by atoms with E-state index >= 15 is 0 Å². The quantitative estimate of drug-likeness (QED) is 0.765. The van der Waals surface area contributed by atoms with Gasteiger partial charge in [-0.3, -0.25) is 0 Å². The van der Waals surface area contributed by atoms with E-state index in [0.29, 0.717) is 0 Å². The van der Waals surface area contributed by atoms with Gasteiger partial charge in [-0.05, 0) is 64.2 Å². The molecule has 0 aromatic heterocycles. The van der Waals surface area contributed by atoms with Crippen molar-refractivity contribution in [3.63, 3.8) is 0 Å². The Morgan fingerprint density at radius 2 is 1.94 bits per heavy atom. The second kappa shape index (κ2) is 7.38. The standard InChI is InChI=1S/C15H30N2/c1-2-17(15-8-4-3-5-9-15)12-6-7-14-10-11-16-13-14/h14-16H,2-13H2,1H3. The van der Waals surface area contributed by atoms with Gasteiger partial charge in [-0.15, -0.1) is 0 Å². The van der Waals surface area contributed by atoms with Crippen molar-refractivity contribution in [1.29, 1.82) is 0 Å². The van der Waals surface area contributed by atoms with Crippen molar-refractivity contribution in [2.75, 3.05) is 26.2 Å². The molecule has 1 aliphatic carbocycles. The predicted molar refractivity (Wildman–Crippen MR) is 74.3 cm³/mol. The largest absolute Gasteiger partial charge is 0.316 e. The van der Waals surface area contributed by atoms with Crippen LogP contribution in [0.1, 0.15) is 58.3 Å². The highest BCUT2D eigenvalue weighted by molar-refractivity contribution is 4.76. The zero-order valence-electron chi connectivity index (χ0n) is 11.6. The third kappa shape index (κ3) is 4.26. The fraction of sp³-hybridized carbons (Fsp3) is 1.00. The molecule has 0 aromatic rings. The van der Waals surface area contributed by atoms with Crippen LogP contribution >= 0.6 is 0 Å². The number of nitrogens with zero attached hydrogens (tertiary/aromatic N) is 1. The SMILES string of the molecule is CCN(CCCC1CCNC1)C1CCCCC1. The maximum Gasteiger partial charge on any atom is 0.00951 e. The van der Waals surface area contributed by atoms with Gasteiger partial charge in [0.25, 0.3) is 0 Å². The molecule has 2 heteroatoms. The van der Waals surface area contributed by atoms with Crippen molar-refractivity contribution in [2.24, 2.45) is 5.92 Å². The van der Waals surface area contributed by atoms with Crippen LogP contribution in [0.25, 0.3) is 0 Å². The molecule has 1 atom stereocenters. The number of hydrogen-bond donors (Lipinski definition) is 1. The van der Waals surface area contributed by atoms with Gasteiger partial charge < -0.3 is 10.2 Å². The molecule has 1 heterocycles. The van der Waals surface area contributed by atoms with E-state index in [4.69, 9.17) is 0 Å². The monoisotopic (exact) mass is 238 g/mol. The molecule has 2 rings (SSSR count). The maximum atomic E-state index is 3.47.